The molecular formula is C24H28O2. The van der Waals surface area contributed by atoms with Gasteiger partial charge >= 0.3 is 0 Å². The second-order valence-electron chi connectivity index (χ2n) is 8.94. The van der Waals surface area contributed by atoms with E-state index in [9.17, 15) is 9.59 Å². The normalized spacial score (nSPS) is 17.5. The zero-order valence-electron chi connectivity index (χ0n) is 16.7. The zero-order chi connectivity index (χ0) is 19.3. The van der Waals surface area contributed by atoms with Crippen molar-refractivity contribution in [2.45, 2.75) is 65.2 Å². The first kappa shape index (κ1) is 18.6. The number of rotatable bonds is 3. The Hall–Kier alpha value is -2.22. The summed E-state index contributed by atoms with van der Waals surface area (Å²) < 4.78 is 0. The topological polar surface area (TPSA) is 34.1 Å². The Labute approximate surface area is 156 Å². The number of hydrogen-bond donors (Lipinski definition) is 0. The van der Waals surface area contributed by atoms with Crippen molar-refractivity contribution in [3.63, 3.8) is 0 Å². The molecule has 2 aromatic rings. The highest BCUT2D eigenvalue weighted by Crippen LogP contribution is 2.46. The Morgan fingerprint density at radius 3 is 1.77 bits per heavy atom. The molecule has 0 aromatic heterocycles. The van der Waals surface area contributed by atoms with Crippen molar-refractivity contribution < 1.29 is 9.59 Å². The molecule has 0 radical (unpaired) electrons. The van der Waals surface area contributed by atoms with E-state index in [1.165, 1.54) is 18.1 Å². The first-order valence-corrected chi connectivity index (χ1v) is 9.34. The number of aryl methyl sites for hydroxylation is 1. The minimum absolute atomic E-state index is 0.0120. The smallest absolute Gasteiger partial charge is 0.193 e. The first-order chi connectivity index (χ1) is 12.0. The summed E-state index contributed by atoms with van der Waals surface area (Å²) in [5, 5.41) is 0. The molecule has 0 aliphatic heterocycles. The number of benzene rings is 2. The number of carbonyl (C=O) groups excluding carboxylic acids is 2. The van der Waals surface area contributed by atoms with Gasteiger partial charge in [0, 0.05) is 16.7 Å². The van der Waals surface area contributed by atoms with Crippen molar-refractivity contribution in [2.24, 2.45) is 0 Å². The summed E-state index contributed by atoms with van der Waals surface area (Å²) in [6.07, 6.45) is 2.28. The van der Waals surface area contributed by atoms with E-state index in [2.05, 4.69) is 39.8 Å². The van der Waals surface area contributed by atoms with E-state index in [0.29, 0.717) is 11.1 Å². The van der Waals surface area contributed by atoms with Crippen LogP contribution in [0.1, 0.15) is 90.4 Å². The van der Waals surface area contributed by atoms with Crippen LogP contribution in [0.2, 0.25) is 0 Å². The van der Waals surface area contributed by atoms with Gasteiger partial charge in [-0.15, -0.1) is 0 Å². The van der Waals surface area contributed by atoms with Crippen LogP contribution in [0.3, 0.4) is 0 Å². The molecule has 0 fully saturated rings. The summed E-state index contributed by atoms with van der Waals surface area (Å²) in [5.41, 5.74) is 5.93. The summed E-state index contributed by atoms with van der Waals surface area (Å²) in [5.74, 6) is 0.0394. The molecule has 2 aromatic carbocycles. The SMILES string of the molecule is CC(=O)c1ccc(C(=O)c2cc3c(cc2C)C(C)(C)CCC3(C)C)cc1. The number of hydrogen-bond acceptors (Lipinski definition) is 2. The Morgan fingerprint density at radius 2 is 1.27 bits per heavy atom. The van der Waals surface area contributed by atoms with E-state index in [0.717, 1.165) is 24.0 Å². The second kappa shape index (κ2) is 6.19. The predicted molar refractivity (Wildman–Crippen MR) is 106 cm³/mol. The molecule has 0 saturated heterocycles. The number of Topliss-reactive ketones (excluding diaryl/α,β-unsaturated/α-hetero) is 1. The van der Waals surface area contributed by atoms with Gasteiger partial charge in [0.05, 0.1) is 0 Å². The van der Waals surface area contributed by atoms with Crippen LogP contribution in [0.5, 0.6) is 0 Å². The van der Waals surface area contributed by atoms with Crippen molar-refractivity contribution in [3.05, 3.63) is 69.8 Å². The van der Waals surface area contributed by atoms with Gasteiger partial charge in [-0.25, -0.2) is 0 Å². The molecule has 1 aliphatic rings. The summed E-state index contributed by atoms with van der Waals surface area (Å²) in [4.78, 5) is 24.6. The Balaban J connectivity index is 2.09. The molecule has 0 amide bonds. The molecule has 0 unspecified atom stereocenters. The Morgan fingerprint density at radius 1 is 0.808 bits per heavy atom. The zero-order valence-corrected chi connectivity index (χ0v) is 16.7. The molecule has 0 saturated carbocycles. The van der Waals surface area contributed by atoms with E-state index in [1.54, 1.807) is 24.3 Å². The highest BCUT2D eigenvalue weighted by atomic mass is 16.1. The average Bonchev–Trinajstić information content (AvgIpc) is 2.58. The van der Waals surface area contributed by atoms with Crippen molar-refractivity contribution >= 4 is 11.6 Å². The molecule has 0 N–H and O–H groups in total. The molecule has 0 bridgehead atoms. The summed E-state index contributed by atoms with van der Waals surface area (Å²) >= 11 is 0. The highest BCUT2D eigenvalue weighted by molar-refractivity contribution is 6.10. The van der Waals surface area contributed by atoms with Gasteiger partial charge < -0.3 is 0 Å². The van der Waals surface area contributed by atoms with Crippen LogP contribution in [-0.4, -0.2) is 11.6 Å². The van der Waals surface area contributed by atoms with Gasteiger partial charge in [-0.3, -0.25) is 9.59 Å². The Bertz CT molecular complexity index is 883. The van der Waals surface area contributed by atoms with Crippen molar-refractivity contribution in [1.29, 1.82) is 0 Å². The molecule has 2 heteroatoms. The fraction of sp³-hybridized carbons (Fsp3) is 0.417. The molecule has 136 valence electrons. The summed E-state index contributed by atoms with van der Waals surface area (Å²) in [7, 11) is 0. The molecule has 1 aliphatic carbocycles. The Kier molecular flexibility index (Phi) is 4.42. The van der Waals surface area contributed by atoms with Gasteiger partial charge in [-0.05, 0) is 60.3 Å². The van der Waals surface area contributed by atoms with E-state index in [1.807, 2.05) is 6.92 Å². The van der Waals surface area contributed by atoms with Crippen LogP contribution in [0.4, 0.5) is 0 Å². The molecule has 26 heavy (non-hydrogen) atoms. The first-order valence-electron chi connectivity index (χ1n) is 9.34. The number of fused-ring (bicyclic) bond motifs is 1. The fourth-order valence-corrected chi connectivity index (χ4v) is 3.98. The maximum atomic E-state index is 13.1. The van der Waals surface area contributed by atoms with Gasteiger partial charge in [-0.1, -0.05) is 58.0 Å². The monoisotopic (exact) mass is 348 g/mol. The minimum atomic E-state index is 0.0120. The quantitative estimate of drug-likeness (QED) is 0.659. The van der Waals surface area contributed by atoms with Gasteiger partial charge in [0.15, 0.2) is 11.6 Å². The van der Waals surface area contributed by atoms with Gasteiger partial charge in [-0.2, -0.15) is 0 Å². The maximum absolute atomic E-state index is 13.1. The average molecular weight is 348 g/mol. The van der Waals surface area contributed by atoms with Crippen molar-refractivity contribution in [3.8, 4) is 0 Å². The van der Waals surface area contributed by atoms with Crippen LogP contribution in [-0.2, 0) is 10.8 Å². The van der Waals surface area contributed by atoms with Crippen LogP contribution >= 0.6 is 0 Å². The number of carbonyl (C=O) groups is 2. The number of ketones is 2. The van der Waals surface area contributed by atoms with Gasteiger partial charge in [0.25, 0.3) is 0 Å². The molecule has 0 heterocycles. The second-order valence-corrected chi connectivity index (χ2v) is 8.94. The fourth-order valence-electron chi connectivity index (χ4n) is 3.98. The third-order valence-corrected chi connectivity index (χ3v) is 6.00. The lowest BCUT2D eigenvalue weighted by Gasteiger charge is -2.42. The van der Waals surface area contributed by atoms with Gasteiger partial charge in [0.2, 0.25) is 0 Å². The summed E-state index contributed by atoms with van der Waals surface area (Å²) in [6, 6.07) is 11.3. The maximum Gasteiger partial charge on any atom is 0.193 e. The van der Waals surface area contributed by atoms with Crippen molar-refractivity contribution in [1.82, 2.24) is 0 Å². The lowest BCUT2D eigenvalue weighted by molar-refractivity contribution is 0.101. The lowest BCUT2D eigenvalue weighted by atomic mass is 9.62. The standard InChI is InChI=1S/C24H28O2/c1-15-13-20-21(24(5,6)12-11-23(20,3)4)14-19(15)22(26)18-9-7-17(8-10-18)16(2)25/h7-10,13-14H,11-12H2,1-6H3. The largest absolute Gasteiger partial charge is 0.295 e. The van der Waals surface area contributed by atoms with Gasteiger partial charge in [0.1, 0.15) is 0 Å². The third-order valence-electron chi connectivity index (χ3n) is 6.00. The highest BCUT2D eigenvalue weighted by Gasteiger charge is 2.37. The van der Waals surface area contributed by atoms with Crippen LogP contribution < -0.4 is 0 Å². The predicted octanol–water partition coefficient (Wildman–Crippen LogP) is 5.78. The summed E-state index contributed by atoms with van der Waals surface area (Å²) in [6.45, 7) is 12.7. The lowest BCUT2D eigenvalue weighted by Crippen LogP contribution is -2.34. The van der Waals surface area contributed by atoms with E-state index >= 15 is 0 Å². The van der Waals surface area contributed by atoms with Crippen LogP contribution in [0.15, 0.2) is 36.4 Å². The van der Waals surface area contributed by atoms with Crippen LogP contribution in [0.25, 0.3) is 0 Å². The van der Waals surface area contributed by atoms with E-state index in [4.69, 9.17) is 0 Å². The van der Waals surface area contributed by atoms with E-state index in [-0.39, 0.29) is 22.4 Å². The van der Waals surface area contributed by atoms with Crippen molar-refractivity contribution in [2.75, 3.05) is 0 Å². The molecule has 2 nitrogen and oxygen atoms in total. The third kappa shape index (κ3) is 3.13. The van der Waals surface area contributed by atoms with E-state index < -0.39 is 0 Å². The van der Waals surface area contributed by atoms with Crippen LogP contribution in [0, 0.1) is 6.92 Å². The molecular weight excluding hydrogens is 320 g/mol. The molecule has 3 rings (SSSR count). The minimum Gasteiger partial charge on any atom is -0.295 e. The molecule has 0 atom stereocenters. The molecule has 0 spiro atoms.